The van der Waals surface area contributed by atoms with Crippen molar-refractivity contribution >= 4 is 112 Å². The Morgan fingerprint density at radius 1 is 0.824 bits per heavy atom. The molecule has 0 fully saturated rings. The number of ether oxygens (including phenoxy) is 1. The molecule has 0 heterocycles. The number of benzene rings is 1. The Morgan fingerprint density at radius 3 is 1.65 bits per heavy atom. The lowest BCUT2D eigenvalue weighted by Gasteiger charge is -2.16. The summed E-state index contributed by atoms with van der Waals surface area (Å²) < 4.78 is 10.3. The summed E-state index contributed by atoms with van der Waals surface area (Å²) in [7, 11) is 0. The minimum Gasteiger partial charge on any atom is -0.490 e. The third-order valence-corrected chi connectivity index (χ3v) is 10.0. The molecule has 0 radical (unpaired) electrons. The van der Waals surface area contributed by atoms with Gasteiger partial charge in [0.2, 0.25) is 0 Å². The van der Waals surface area contributed by atoms with E-state index in [-0.39, 0.29) is 4.83 Å². The number of halogens is 7. The summed E-state index contributed by atoms with van der Waals surface area (Å²) in [6.07, 6.45) is 0. The normalized spacial score (nSPS) is 12.6. The van der Waals surface area contributed by atoms with Gasteiger partial charge in [0.05, 0.1) is 22.7 Å². The fraction of sp³-hybridized carbons (Fsp3) is 0.333. The molecule has 0 aliphatic heterocycles. The Morgan fingerprint density at radius 2 is 1.24 bits per heavy atom. The maximum atomic E-state index is 5.79. The van der Waals surface area contributed by atoms with Crippen LogP contribution in [0.2, 0.25) is 0 Å². The molecule has 96 valence electrons. The van der Waals surface area contributed by atoms with Gasteiger partial charge in [-0.1, -0.05) is 31.9 Å². The molecule has 17 heavy (non-hydrogen) atoms. The van der Waals surface area contributed by atoms with Crippen molar-refractivity contribution in [2.45, 2.75) is 4.83 Å². The van der Waals surface area contributed by atoms with Gasteiger partial charge in [-0.25, -0.2) is 0 Å². The molecule has 0 spiro atoms. The number of hydrogen-bond acceptors (Lipinski definition) is 1. The van der Waals surface area contributed by atoms with E-state index in [1.165, 1.54) is 0 Å². The Bertz CT molecular complexity index is 391. The number of rotatable bonds is 4. The van der Waals surface area contributed by atoms with Crippen molar-refractivity contribution in [3.63, 3.8) is 0 Å². The lowest BCUT2D eigenvalue weighted by Crippen LogP contribution is -2.13. The van der Waals surface area contributed by atoms with Crippen LogP contribution in [0.1, 0.15) is 0 Å². The Labute approximate surface area is 159 Å². The van der Waals surface area contributed by atoms with Gasteiger partial charge in [0.1, 0.15) is 12.4 Å². The molecule has 1 nitrogen and oxygen atoms in total. The van der Waals surface area contributed by atoms with Gasteiger partial charge in [-0.15, -0.1) is 0 Å². The van der Waals surface area contributed by atoms with Gasteiger partial charge in [-0.2, -0.15) is 0 Å². The molecule has 8 heteroatoms. The van der Waals surface area contributed by atoms with Crippen molar-refractivity contribution in [3.8, 4) is 5.75 Å². The molecular weight excluding hydrogens is 683 g/mol. The predicted octanol–water partition coefficient (Wildman–Crippen LogP) is 7.04. The Kier molecular flexibility index (Phi) is 8.18. The van der Waals surface area contributed by atoms with Crippen LogP contribution >= 0.6 is 112 Å². The van der Waals surface area contributed by atoms with Crippen LogP contribution in [0.4, 0.5) is 0 Å². The standard InChI is InChI=1S/C9H5Br7O/c10-1-3(11)2-17-9-7(15)5(13)4(12)6(14)8(9)16/h3H,1-2H2/t3-/m0/s1. The van der Waals surface area contributed by atoms with Crippen LogP contribution in [0.15, 0.2) is 22.4 Å². The monoisotopic (exact) mass is 681 g/mol. The first-order valence-corrected chi connectivity index (χ1v) is 10.2. The van der Waals surface area contributed by atoms with E-state index in [0.717, 1.165) is 33.4 Å². The SMILES string of the molecule is BrC[C@H](Br)COc1c(Br)c(Br)c(Br)c(Br)c1Br. The summed E-state index contributed by atoms with van der Waals surface area (Å²) in [6, 6.07) is 0. The zero-order chi connectivity index (χ0) is 13.2. The summed E-state index contributed by atoms with van der Waals surface area (Å²) >= 11 is 24.4. The zero-order valence-electron chi connectivity index (χ0n) is 8.05. The van der Waals surface area contributed by atoms with E-state index in [9.17, 15) is 0 Å². The van der Waals surface area contributed by atoms with Crippen LogP contribution < -0.4 is 4.74 Å². The second kappa shape index (κ2) is 7.98. The molecule has 1 rings (SSSR count). The summed E-state index contributed by atoms with van der Waals surface area (Å²) in [6.45, 7) is 0.572. The third-order valence-electron chi connectivity index (χ3n) is 1.75. The average Bonchev–Trinajstić information content (AvgIpc) is 2.33. The largest absolute Gasteiger partial charge is 0.490 e. The summed E-state index contributed by atoms with van der Waals surface area (Å²) in [5.74, 6) is 0.761. The van der Waals surface area contributed by atoms with Crippen molar-refractivity contribution in [2.75, 3.05) is 11.9 Å². The molecule has 0 N–H and O–H groups in total. The van der Waals surface area contributed by atoms with Crippen LogP contribution in [-0.4, -0.2) is 16.8 Å². The van der Waals surface area contributed by atoms with Crippen molar-refractivity contribution in [3.05, 3.63) is 22.4 Å². The van der Waals surface area contributed by atoms with E-state index in [2.05, 4.69) is 112 Å². The topological polar surface area (TPSA) is 9.23 Å². The lowest BCUT2D eigenvalue weighted by molar-refractivity contribution is 0.321. The number of alkyl halides is 2. The highest BCUT2D eigenvalue weighted by Crippen LogP contribution is 2.48. The van der Waals surface area contributed by atoms with Gasteiger partial charge in [-0.05, 0) is 79.6 Å². The molecule has 0 aromatic heterocycles. The van der Waals surface area contributed by atoms with Crippen LogP contribution in [0.25, 0.3) is 0 Å². The summed E-state index contributed by atoms with van der Waals surface area (Å²) in [5.41, 5.74) is 0. The van der Waals surface area contributed by atoms with Gasteiger partial charge < -0.3 is 4.74 Å². The lowest BCUT2D eigenvalue weighted by atomic mass is 10.3. The van der Waals surface area contributed by atoms with Gasteiger partial charge >= 0.3 is 0 Å². The fourth-order valence-electron chi connectivity index (χ4n) is 0.930. The summed E-state index contributed by atoms with van der Waals surface area (Å²) in [5, 5.41) is 0.834. The first kappa shape index (κ1) is 17.4. The van der Waals surface area contributed by atoms with Gasteiger partial charge in [0, 0.05) is 9.80 Å². The van der Waals surface area contributed by atoms with E-state index in [1.807, 2.05) is 0 Å². The predicted molar refractivity (Wildman–Crippen MR) is 96.9 cm³/mol. The first-order chi connectivity index (χ1) is 7.90. The first-order valence-electron chi connectivity index (χ1n) is 4.24. The molecule has 0 saturated carbocycles. The molecule has 0 amide bonds. The Balaban J connectivity index is 3.07. The Hall–Kier alpha value is 2.38. The second-order valence-corrected chi connectivity index (χ2v) is 8.87. The van der Waals surface area contributed by atoms with Crippen molar-refractivity contribution in [1.29, 1.82) is 0 Å². The highest BCUT2D eigenvalue weighted by molar-refractivity contribution is 9.16. The molecule has 0 aliphatic carbocycles. The quantitative estimate of drug-likeness (QED) is 0.188. The third kappa shape index (κ3) is 4.43. The molecule has 0 aliphatic rings. The number of hydrogen-bond donors (Lipinski definition) is 0. The van der Waals surface area contributed by atoms with Crippen molar-refractivity contribution in [2.24, 2.45) is 0 Å². The molecule has 1 aromatic rings. The van der Waals surface area contributed by atoms with Gasteiger partial charge in [-0.3, -0.25) is 0 Å². The van der Waals surface area contributed by atoms with Crippen LogP contribution in [0, 0.1) is 0 Å². The minimum absolute atomic E-state index is 0.266. The second-order valence-electron chi connectivity index (χ2n) is 2.96. The van der Waals surface area contributed by atoms with Crippen LogP contribution in [0.5, 0.6) is 5.75 Å². The van der Waals surface area contributed by atoms with E-state index in [1.54, 1.807) is 0 Å². The van der Waals surface area contributed by atoms with Crippen molar-refractivity contribution in [1.82, 2.24) is 0 Å². The highest BCUT2D eigenvalue weighted by atomic mass is 79.9. The smallest absolute Gasteiger partial charge is 0.150 e. The van der Waals surface area contributed by atoms with E-state index in [0.29, 0.717) is 6.61 Å². The highest BCUT2D eigenvalue weighted by Gasteiger charge is 2.19. The molecule has 0 bridgehead atoms. The molecule has 1 aromatic carbocycles. The van der Waals surface area contributed by atoms with Gasteiger partial charge in [0.25, 0.3) is 0 Å². The zero-order valence-corrected chi connectivity index (χ0v) is 19.1. The average molecular weight is 688 g/mol. The molecule has 1 atom stereocenters. The maximum absolute atomic E-state index is 5.79. The molecule has 0 saturated heterocycles. The summed E-state index contributed by atoms with van der Waals surface area (Å²) in [4.78, 5) is 0.266. The van der Waals surface area contributed by atoms with E-state index in [4.69, 9.17) is 4.74 Å². The minimum atomic E-state index is 0.266. The van der Waals surface area contributed by atoms with Gasteiger partial charge in [0.15, 0.2) is 0 Å². The van der Waals surface area contributed by atoms with E-state index >= 15 is 0 Å². The van der Waals surface area contributed by atoms with Crippen LogP contribution in [-0.2, 0) is 0 Å². The molecule has 0 unspecified atom stereocenters. The fourth-order valence-corrected chi connectivity index (χ4v) is 4.49. The van der Waals surface area contributed by atoms with E-state index < -0.39 is 0 Å². The van der Waals surface area contributed by atoms with Crippen LogP contribution in [0.3, 0.4) is 0 Å². The maximum Gasteiger partial charge on any atom is 0.150 e. The molecular formula is C9H5Br7O. The van der Waals surface area contributed by atoms with Crippen molar-refractivity contribution < 1.29 is 4.74 Å².